The van der Waals surface area contributed by atoms with Crippen molar-refractivity contribution in [3.05, 3.63) is 69.2 Å². The fourth-order valence-corrected chi connectivity index (χ4v) is 2.18. The van der Waals surface area contributed by atoms with Crippen LogP contribution in [-0.2, 0) is 6.54 Å². The van der Waals surface area contributed by atoms with Crippen LogP contribution < -0.4 is 5.32 Å². The molecule has 0 amide bonds. The van der Waals surface area contributed by atoms with Gasteiger partial charge in [-0.2, -0.15) is 5.26 Å². The first-order valence-corrected chi connectivity index (χ1v) is 6.99. The summed E-state index contributed by atoms with van der Waals surface area (Å²) in [6.07, 6.45) is 0. The fraction of sp³-hybridized carbons (Fsp3) is 0.133. The molecule has 1 atom stereocenters. The zero-order valence-corrected chi connectivity index (χ0v) is 12.4. The van der Waals surface area contributed by atoms with E-state index in [1.165, 1.54) is 0 Å². The van der Waals surface area contributed by atoms with Crippen LogP contribution in [0.25, 0.3) is 0 Å². The van der Waals surface area contributed by atoms with Crippen LogP contribution in [0.5, 0.6) is 0 Å². The predicted octanol–water partition coefficient (Wildman–Crippen LogP) is 4.46. The highest BCUT2D eigenvalue weighted by Gasteiger charge is 2.11. The Morgan fingerprint density at radius 2 is 1.95 bits per heavy atom. The number of benzene rings is 2. The zero-order valence-electron chi connectivity index (χ0n) is 10.1. The van der Waals surface area contributed by atoms with Gasteiger partial charge in [-0.15, -0.1) is 0 Å². The summed E-state index contributed by atoms with van der Waals surface area (Å²) in [5.74, 6) is 0. The SMILES string of the molecule is N#CC(NCc1ccccc1)c1ccc(Br)c(Cl)c1. The molecule has 0 radical (unpaired) electrons. The van der Waals surface area contributed by atoms with Crippen LogP contribution >= 0.6 is 27.5 Å². The normalized spacial score (nSPS) is 11.8. The maximum Gasteiger partial charge on any atom is 0.121 e. The monoisotopic (exact) mass is 334 g/mol. The van der Waals surface area contributed by atoms with E-state index in [1.54, 1.807) is 6.07 Å². The smallest absolute Gasteiger partial charge is 0.121 e. The molecule has 2 nitrogen and oxygen atoms in total. The highest BCUT2D eigenvalue weighted by atomic mass is 79.9. The summed E-state index contributed by atoms with van der Waals surface area (Å²) < 4.78 is 0.831. The van der Waals surface area contributed by atoms with E-state index in [0.717, 1.165) is 15.6 Å². The lowest BCUT2D eigenvalue weighted by molar-refractivity contribution is 0.630. The highest BCUT2D eigenvalue weighted by Crippen LogP contribution is 2.26. The molecule has 1 N–H and O–H groups in total. The summed E-state index contributed by atoms with van der Waals surface area (Å²) in [5.41, 5.74) is 2.01. The van der Waals surface area contributed by atoms with Crippen molar-refractivity contribution in [3.63, 3.8) is 0 Å². The Bertz CT molecular complexity index is 593. The number of nitrogens with one attached hydrogen (secondary N) is 1. The Labute approximate surface area is 126 Å². The minimum Gasteiger partial charge on any atom is -0.294 e. The molecule has 0 aliphatic rings. The molecular weight excluding hydrogens is 324 g/mol. The molecule has 4 heteroatoms. The predicted molar refractivity (Wildman–Crippen MR) is 80.8 cm³/mol. The van der Waals surface area contributed by atoms with Crippen LogP contribution in [0.2, 0.25) is 5.02 Å². The van der Waals surface area contributed by atoms with Gasteiger partial charge in [0, 0.05) is 11.0 Å². The van der Waals surface area contributed by atoms with Crippen molar-refractivity contribution < 1.29 is 0 Å². The molecule has 0 saturated carbocycles. The molecule has 0 aliphatic heterocycles. The van der Waals surface area contributed by atoms with E-state index in [-0.39, 0.29) is 6.04 Å². The number of rotatable bonds is 4. The molecule has 0 saturated heterocycles. The number of nitriles is 1. The molecule has 0 bridgehead atoms. The van der Waals surface area contributed by atoms with Gasteiger partial charge in [0.05, 0.1) is 11.1 Å². The van der Waals surface area contributed by atoms with Crippen molar-refractivity contribution in [2.24, 2.45) is 0 Å². The second-order valence-corrected chi connectivity index (χ2v) is 5.36. The average Bonchev–Trinajstić information content (AvgIpc) is 2.44. The Balaban J connectivity index is 2.08. The Kier molecular flexibility index (Phi) is 4.98. The number of halogens is 2. The third-order valence-corrected chi connectivity index (χ3v) is 3.99. The van der Waals surface area contributed by atoms with Crippen molar-refractivity contribution in [2.45, 2.75) is 12.6 Å². The lowest BCUT2D eigenvalue weighted by atomic mass is 10.1. The largest absolute Gasteiger partial charge is 0.294 e. The molecule has 0 aliphatic carbocycles. The molecule has 0 spiro atoms. The Morgan fingerprint density at radius 1 is 1.21 bits per heavy atom. The summed E-state index contributed by atoms with van der Waals surface area (Å²) in [6, 6.07) is 17.4. The quantitative estimate of drug-likeness (QED) is 0.895. The van der Waals surface area contributed by atoms with Gasteiger partial charge in [0.15, 0.2) is 0 Å². The highest BCUT2D eigenvalue weighted by molar-refractivity contribution is 9.10. The molecule has 19 heavy (non-hydrogen) atoms. The summed E-state index contributed by atoms with van der Waals surface area (Å²) in [4.78, 5) is 0. The van der Waals surface area contributed by atoms with E-state index in [9.17, 15) is 5.26 Å². The van der Waals surface area contributed by atoms with Gasteiger partial charge in [-0.1, -0.05) is 48.0 Å². The Morgan fingerprint density at radius 3 is 2.58 bits per heavy atom. The van der Waals surface area contributed by atoms with Crippen LogP contribution in [0, 0.1) is 11.3 Å². The molecule has 2 aromatic carbocycles. The van der Waals surface area contributed by atoms with E-state index in [1.807, 2.05) is 42.5 Å². The van der Waals surface area contributed by atoms with Gasteiger partial charge in [-0.25, -0.2) is 0 Å². The van der Waals surface area contributed by atoms with Crippen molar-refractivity contribution in [2.75, 3.05) is 0 Å². The van der Waals surface area contributed by atoms with Gasteiger partial charge >= 0.3 is 0 Å². The maximum atomic E-state index is 9.25. The molecule has 0 fully saturated rings. The lowest BCUT2D eigenvalue weighted by Gasteiger charge is -2.12. The molecule has 96 valence electrons. The first-order chi connectivity index (χ1) is 9.20. The second-order valence-electron chi connectivity index (χ2n) is 4.10. The maximum absolute atomic E-state index is 9.25. The first kappa shape index (κ1) is 14.1. The number of hydrogen-bond donors (Lipinski definition) is 1. The number of hydrogen-bond acceptors (Lipinski definition) is 2. The summed E-state index contributed by atoms with van der Waals surface area (Å²) >= 11 is 9.39. The van der Waals surface area contributed by atoms with E-state index in [0.29, 0.717) is 11.6 Å². The van der Waals surface area contributed by atoms with Gasteiger partial charge in [0.1, 0.15) is 6.04 Å². The molecule has 2 aromatic rings. The van der Waals surface area contributed by atoms with E-state index >= 15 is 0 Å². The van der Waals surface area contributed by atoms with Crippen LogP contribution in [0.15, 0.2) is 53.0 Å². The minimum absolute atomic E-state index is 0.370. The molecule has 2 rings (SSSR count). The second kappa shape index (κ2) is 6.72. The van der Waals surface area contributed by atoms with Gasteiger partial charge in [-0.3, -0.25) is 5.32 Å². The summed E-state index contributed by atoms with van der Waals surface area (Å²) in [5, 5.41) is 13.1. The van der Waals surface area contributed by atoms with Crippen LogP contribution in [-0.4, -0.2) is 0 Å². The molecule has 0 aromatic heterocycles. The number of nitrogens with zero attached hydrogens (tertiary/aromatic N) is 1. The standard InChI is InChI=1S/C15H12BrClN2/c16-13-7-6-12(8-14(13)17)15(9-18)19-10-11-4-2-1-3-5-11/h1-8,15,19H,10H2. The van der Waals surface area contributed by atoms with Gasteiger partial charge in [0.2, 0.25) is 0 Å². The third-order valence-electron chi connectivity index (χ3n) is 2.76. The molecular formula is C15H12BrClN2. The van der Waals surface area contributed by atoms with Crippen molar-refractivity contribution in [3.8, 4) is 6.07 Å². The van der Waals surface area contributed by atoms with Crippen molar-refractivity contribution in [1.29, 1.82) is 5.26 Å². The summed E-state index contributed by atoms with van der Waals surface area (Å²) in [6.45, 7) is 0.646. The average molecular weight is 336 g/mol. The lowest BCUT2D eigenvalue weighted by Crippen LogP contribution is -2.19. The fourth-order valence-electron chi connectivity index (χ4n) is 1.75. The van der Waals surface area contributed by atoms with Gasteiger partial charge in [0.25, 0.3) is 0 Å². The van der Waals surface area contributed by atoms with Crippen molar-refractivity contribution in [1.82, 2.24) is 5.32 Å². The van der Waals surface area contributed by atoms with E-state index in [4.69, 9.17) is 11.6 Å². The van der Waals surface area contributed by atoms with E-state index < -0.39 is 0 Å². The minimum atomic E-state index is -0.370. The van der Waals surface area contributed by atoms with Crippen LogP contribution in [0.1, 0.15) is 17.2 Å². The van der Waals surface area contributed by atoms with Crippen molar-refractivity contribution >= 4 is 27.5 Å². The molecule has 0 heterocycles. The molecule has 1 unspecified atom stereocenters. The topological polar surface area (TPSA) is 35.8 Å². The van der Waals surface area contributed by atoms with Crippen LogP contribution in [0.4, 0.5) is 0 Å². The van der Waals surface area contributed by atoms with Gasteiger partial charge < -0.3 is 0 Å². The first-order valence-electron chi connectivity index (χ1n) is 5.82. The van der Waals surface area contributed by atoms with E-state index in [2.05, 4.69) is 27.3 Å². The zero-order chi connectivity index (χ0) is 13.7. The van der Waals surface area contributed by atoms with Crippen LogP contribution in [0.3, 0.4) is 0 Å². The Hall–Kier alpha value is -1.34. The summed E-state index contributed by atoms with van der Waals surface area (Å²) in [7, 11) is 0. The van der Waals surface area contributed by atoms with Gasteiger partial charge in [-0.05, 0) is 39.2 Å². The third kappa shape index (κ3) is 3.81.